The number of benzene rings is 2. The van der Waals surface area contributed by atoms with Crippen LogP contribution < -0.4 is 4.74 Å². The molecule has 3 heteroatoms. The van der Waals surface area contributed by atoms with Gasteiger partial charge >= 0.3 is 0 Å². The molecule has 0 aliphatic heterocycles. The van der Waals surface area contributed by atoms with E-state index in [1.807, 2.05) is 18.2 Å². The fraction of sp³-hybridized carbons (Fsp3) is 0.0667. The van der Waals surface area contributed by atoms with Crippen molar-refractivity contribution in [3.8, 4) is 18.1 Å². The Morgan fingerprint density at radius 2 is 1.83 bits per heavy atom. The van der Waals surface area contributed by atoms with Crippen molar-refractivity contribution in [2.75, 3.05) is 0 Å². The van der Waals surface area contributed by atoms with E-state index in [9.17, 15) is 4.39 Å². The van der Waals surface area contributed by atoms with Crippen LogP contribution >= 0.6 is 11.6 Å². The van der Waals surface area contributed by atoms with Gasteiger partial charge in [0.2, 0.25) is 0 Å². The van der Waals surface area contributed by atoms with Crippen molar-refractivity contribution in [1.29, 1.82) is 0 Å². The fourth-order valence-electron chi connectivity index (χ4n) is 1.57. The molecule has 0 spiro atoms. The van der Waals surface area contributed by atoms with Crippen LogP contribution in [0.4, 0.5) is 4.39 Å². The average Bonchev–Trinajstić information content (AvgIpc) is 2.38. The first-order valence-electron chi connectivity index (χ1n) is 5.34. The van der Waals surface area contributed by atoms with E-state index >= 15 is 0 Å². The van der Waals surface area contributed by atoms with E-state index in [-0.39, 0.29) is 10.6 Å². The molecule has 0 heterocycles. The summed E-state index contributed by atoms with van der Waals surface area (Å²) in [6.07, 6.45) is 4.54. The van der Waals surface area contributed by atoms with Crippen LogP contribution in [0.5, 0.6) is 5.75 Å². The molecule has 18 heavy (non-hydrogen) atoms. The fourth-order valence-corrected chi connectivity index (χ4v) is 1.83. The molecule has 1 nitrogen and oxygen atoms in total. The minimum atomic E-state index is -0.846. The van der Waals surface area contributed by atoms with Gasteiger partial charge in [-0.3, -0.25) is 0 Å². The number of terminal acetylenes is 1. The summed E-state index contributed by atoms with van der Waals surface area (Å²) in [5.41, 5.74) is 0.186. The van der Waals surface area contributed by atoms with Crippen molar-refractivity contribution in [1.82, 2.24) is 0 Å². The quantitative estimate of drug-likeness (QED) is 0.751. The van der Waals surface area contributed by atoms with Crippen LogP contribution in [0.15, 0.2) is 48.5 Å². The van der Waals surface area contributed by atoms with E-state index in [0.29, 0.717) is 5.75 Å². The largest absolute Gasteiger partial charge is 0.473 e. The zero-order valence-electron chi connectivity index (χ0n) is 9.44. The normalized spacial score (nSPS) is 11.6. The maximum atomic E-state index is 13.7. The van der Waals surface area contributed by atoms with Crippen molar-refractivity contribution >= 4 is 11.6 Å². The van der Waals surface area contributed by atoms with Crippen LogP contribution in [-0.2, 0) is 0 Å². The SMILES string of the molecule is C#CC(Oc1ccccc1)c1c(F)cccc1Cl. The van der Waals surface area contributed by atoms with Gasteiger partial charge in [0.25, 0.3) is 0 Å². The number of hydrogen-bond donors (Lipinski definition) is 0. The van der Waals surface area contributed by atoms with E-state index < -0.39 is 11.9 Å². The molecule has 0 aliphatic carbocycles. The molecular weight excluding hydrogens is 251 g/mol. The van der Waals surface area contributed by atoms with Crippen molar-refractivity contribution in [2.45, 2.75) is 6.10 Å². The van der Waals surface area contributed by atoms with Crippen molar-refractivity contribution < 1.29 is 9.13 Å². The number of halogens is 2. The maximum Gasteiger partial charge on any atom is 0.188 e. The van der Waals surface area contributed by atoms with E-state index in [1.54, 1.807) is 18.2 Å². The minimum Gasteiger partial charge on any atom is -0.473 e. The number of hydrogen-bond acceptors (Lipinski definition) is 1. The predicted octanol–water partition coefficient (Wildman–Crippen LogP) is 4.23. The van der Waals surface area contributed by atoms with Gasteiger partial charge in [0.05, 0.1) is 10.6 Å². The molecule has 0 aromatic heterocycles. The number of ether oxygens (including phenoxy) is 1. The second-order valence-electron chi connectivity index (χ2n) is 3.61. The molecule has 0 bridgehead atoms. The Morgan fingerprint density at radius 1 is 1.11 bits per heavy atom. The topological polar surface area (TPSA) is 9.23 Å². The maximum absolute atomic E-state index is 13.7. The first-order chi connectivity index (χ1) is 8.72. The highest BCUT2D eigenvalue weighted by Gasteiger charge is 2.18. The van der Waals surface area contributed by atoms with Gasteiger partial charge in [-0.1, -0.05) is 41.8 Å². The third-order valence-corrected chi connectivity index (χ3v) is 2.74. The Hall–Kier alpha value is -1.98. The second-order valence-corrected chi connectivity index (χ2v) is 4.02. The molecule has 0 aliphatic rings. The Morgan fingerprint density at radius 3 is 2.44 bits per heavy atom. The lowest BCUT2D eigenvalue weighted by molar-refractivity contribution is 0.259. The monoisotopic (exact) mass is 260 g/mol. The highest BCUT2D eigenvalue weighted by atomic mass is 35.5. The summed E-state index contributed by atoms with van der Waals surface area (Å²) in [4.78, 5) is 0. The van der Waals surface area contributed by atoms with Gasteiger partial charge in [0.1, 0.15) is 11.6 Å². The van der Waals surface area contributed by atoms with Crippen molar-refractivity contribution in [2.24, 2.45) is 0 Å². The van der Waals surface area contributed by atoms with Crippen LogP contribution in [0.25, 0.3) is 0 Å². The van der Waals surface area contributed by atoms with Gasteiger partial charge in [-0.05, 0) is 24.3 Å². The summed E-state index contributed by atoms with van der Waals surface area (Å²) < 4.78 is 19.3. The van der Waals surface area contributed by atoms with Gasteiger partial charge in [-0.2, -0.15) is 0 Å². The first-order valence-corrected chi connectivity index (χ1v) is 5.72. The highest BCUT2D eigenvalue weighted by molar-refractivity contribution is 6.31. The van der Waals surface area contributed by atoms with E-state index in [1.165, 1.54) is 12.1 Å². The van der Waals surface area contributed by atoms with Crippen LogP contribution in [0, 0.1) is 18.2 Å². The summed E-state index contributed by atoms with van der Waals surface area (Å²) in [5.74, 6) is 2.50. The van der Waals surface area contributed by atoms with Crippen molar-refractivity contribution in [3.63, 3.8) is 0 Å². The molecule has 90 valence electrons. The summed E-state index contributed by atoms with van der Waals surface area (Å²) in [6, 6.07) is 13.4. The molecule has 2 aromatic rings. The average molecular weight is 261 g/mol. The smallest absolute Gasteiger partial charge is 0.188 e. The predicted molar refractivity (Wildman–Crippen MR) is 70.1 cm³/mol. The molecule has 0 radical (unpaired) electrons. The summed E-state index contributed by atoms with van der Waals surface area (Å²) in [7, 11) is 0. The molecule has 2 rings (SSSR count). The molecule has 0 amide bonds. The molecule has 1 atom stereocenters. The van der Waals surface area contributed by atoms with Gasteiger partial charge in [0, 0.05) is 0 Å². The van der Waals surface area contributed by atoms with E-state index in [4.69, 9.17) is 22.8 Å². The van der Waals surface area contributed by atoms with E-state index in [2.05, 4.69) is 5.92 Å². The van der Waals surface area contributed by atoms with Crippen LogP contribution in [0.1, 0.15) is 11.7 Å². The zero-order valence-corrected chi connectivity index (χ0v) is 10.2. The Labute approximate surface area is 110 Å². The summed E-state index contributed by atoms with van der Waals surface area (Å²) in [6.45, 7) is 0. The van der Waals surface area contributed by atoms with Gasteiger partial charge in [-0.15, -0.1) is 6.42 Å². The Balaban J connectivity index is 2.33. The van der Waals surface area contributed by atoms with Crippen molar-refractivity contribution in [3.05, 3.63) is 64.9 Å². The van der Waals surface area contributed by atoms with Crippen LogP contribution in [0.2, 0.25) is 5.02 Å². The standard InChI is InChI=1S/C15H10ClFO/c1-2-14(18-11-7-4-3-5-8-11)15-12(16)9-6-10-13(15)17/h1,3-10,14H. The number of rotatable bonds is 3. The summed E-state index contributed by atoms with van der Waals surface area (Å²) >= 11 is 5.95. The molecule has 1 unspecified atom stereocenters. The van der Waals surface area contributed by atoms with Crippen LogP contribution in [0.3, 0.4) is 0 Å². The van der Waals surface area contributed by atoms with Gasteiger partial charge in [0.15, 0.2) is 6.10 Å². The minimum absolute atomic E-state index is 0.186. The van der Waals surface area contributed by atoms with Crippen LogP contribution in [-0.4, -0.2) is 0 Å². The molecule has 0 saturated carbocycles. The lowest BCUT2D eigenvalue weighted by atomic mass is 10.1. The first kappa shape index (κ1) is 12.5. The summed E-state index contributed by atoms with van der Waals surface area (Å²) in [5, 5.41) is 0.258. The zero-order chi connectivity index (χ0) is 13.0. The molecule has 0 saturated heterocycles. The number of para-hydroxylation sites is 1. The highest BCUT2D eigenvalue weighted by Crippen LogP contribution is 2.29. The molecule has 0 N–H and O–H groups in total. The van der Waals surface area contributed by atoms with E-state index in [0.717, 1.165) is 0 Å². The second kappa shape index (κ2) is 5.57. The Kier molecular flexibility index (Phi) is 3.86. The molecule has 2 aromatic carbocycles. The van der Waals surface area contributed by atoms with Gasteiger partial charge < -0.3 is 4.74 Å². The third kappa shape index (κ3) is 2.64. The third-order valence-electron chi connectivity index (χ3n) is 2.41. The molecule has 0 fully saturated rings. The Bertz CT molecular complexity index is 555. The lowest BCUT2D eigenvalue weighted by Gasteiger charge is -2.16. The lowest BCUT2D eigenvalue weighted by Crippen LogP contribution is -2.08. The van der Waals surface area contributed by atoms with Gasteiger partial charge in [-0.25, -0.2) is 4.39 Å². The molecular formula is C15H10ClFO.